The van der Waals surface area contributed by atoms with Crippen LogP contribution in [-0.4, -0.2) is 18.2 Å². The van der Waals surface area contributed by atoms with Gasteiger partial charge in [-0.3, -0.25) is 4.79 Å². The lowest BCUT2D eigenvalue weighted by molar-refractivity contribution is -0.125. The zero-order valence-corrected chi connectivity index (χ0v) is 7.47. The van der Waals surface area contributed by atoms with Gasteiger partial charge in [0.25, 0.3) is 5.91 Å². The Balaban J connectivity index is 2.85. The van der Waals surface area contributed by atoms with Crippen molar-refractivity contribution in [3.63, 3.8) is 0 Å². The number of carbonyl (C=O) groups excluding carboxylic acids is 1. The molecule has 0 fully saturated rings. The molecule has 1 N–H and O–H groups in total. The minimum atomic E-state index is -0.152. The van der Waals surface area contributed by atoms with Crippen molar-refractivity contribution in [1.29, 1.82) is 0 Å². The Morgan fingerprint density at radius 1 is 1.58 bits per heavy atom. The fourth-order valence-electron chi connectivity index (χ4n) is 0.829. The average Bonchev–Trinajstić information content (AvgIpc) is 1.96. The largest absolute Gasteiger partial charge is 0.485 e. The highest BCUT2D eigenvalue weighted by Crippen LogP contribution is 2.08. The number of nitrogens with one attached hydrogen (secondary N) is 1. The van der Waals surface area contributed by atoms with Crippen LogP contribution in [0.2, 0.25) is 0 Å². The van der Waals surface area contributed by atoms with Gasteiger partial charge < -0.3 is 10.1 Å². The lowest BCUT2D eigenvalue weighted by Crippen LogP contribution is -2.32. The van der Waals surface area contributed by atoms with Crippen molar-refractivity contribution in [2.45, 2.75) is 20.8 Å². The molecule has 1 aliphatic rings. The van der Waals surface area contributed by atoms with Crippen LogP contribution in [0.5, 0.6) is 0 Å². The first kappa shape index (κ1) is 8.77. The van der Waals surface area contributed by atoms with Gasteiger partial charge in [-0.25, -0.2) is 4.99 Å². The Bertz CT molecular complexity index is 262. The first-order chi connectivity index (χ1) is 5.59. The molecule has 0 saturated heterocycles. The quantitative estimate of drug-likeness (QED) is 0.589. The van der Waals surface area contributed by atoms with Crippen molar-refractivity contribution in [3.05, 3.63) is 11.6 Å². The molecule has 0 spiro atoms. The van der Waals surface area contributed by atoms with Gasteiger partial charge >= 0.3 is 0 Å². The van der Waals surface area contributed by atoms with E-state index in [2.05, 4.69) is 10.3 Å². The first-order valence-electron chi connectivity index (χ1n) is 3.75. The van der Waals surface area contributed by atoms with Crippen molar-refractivity contribution in [1.82, 2.24) is 5.32 Å². The van der Waals surface area contributed by atoms with E-state index in [4.69, 9.17) is 4.74 Å². The van der Waals surface area contributed by atoms with Gasteiger partial charge in [0.05, 0.1) is 0 Å². The van der Waals surface area contributed by atoms with Gasteiger partial charge in [0.15, 0.2) is 12.4 Å². The molecular weight excluding hydrogens is 156 g/mol. The van der Waals surface area contributed by atoms with Crippen LogP contribution in [0.1, 0.15) is 20.8 Å². The highest BCUT2D eigenvalue weighted by atomic mass is 16.5. The van der Waals surface area contributed by atoms with E-state index in [1.807, 2.05) is 13.8 Å². The van der Waals surface area contributed by atoms with Crippen LogP contribution >= 0.6 is 0 Å². The molecule has 1 amide bonds. The molecule has 1 rings (SSSR count). The van der Waals surface area contributed by atoms with Crippen molar-refractivity contribution in [3.8, 4) is 0 Å². The standard InChI is InChI=1S/C8H12N2O2/c1-5(2)9-8-6(3)12-4-7(11)10-8/h4H2,1-3H3,(H,10,11). The van der Waals surface area contributed by atoms with Gasteiger partial charge in [-0.2, -0.15) is 0 Å². The third-order valence-electron chi connectivity index (χ3n) is 1.35. The van der Waals surface area contributed by atoms with Crippen molar-refractivity contribution >= 4 is 11.6 Å². The maximum absolute atomic E-state index is 10.9. The van der Waals surface area contributed by atoms with E-state index in [1.165, 1.54) is 0 Å². The van der Waals surface area contributed by atoms with Crippen LogP contribution in [0.15, 0.2) is 16.6 Å². The number of amides is 1. The van der Waals surface area contributed by atoms with Crippen LogP contribution in [0, 0.1) is 0 Å². The summed E-state index contributed by atoms with van der Waals surface area (Å²) in [5.41, 5.74) is 0.884. The van der Waals surface area contributed by atoms with Crippen LogP contribution in [0.4, 0.5) is 0 Å². The van der Waals surface area contributed by atoms with E-state index in [1.54, 1.807) is 6.92 Å². The second-order valence-electron chi connectivity index (χ2n) is 2.80. The fraction of sp³-hybridized carbons (Fsp3) is 0.500. The second kappa shape index (κ2) is 3.38. The third kappa shape index (κ3) is 2.08. The van der Waals surface area contributed by atoms with Crippen molar-refractivity contribution in [2.24, 2.45) is 4.99 Å². The van der Waals surface area contributed by atoms with E-state index in [-0.39, 0.29) is 12.5 Å². The molecule has 66 valence electrons. The number of nitrogens with zero attached hydrogens (tertiary/aromatic N) is 1. The highest BCUT2D eigenvalue weighted by molar-refractivity contribution is 5.83. The summed E-state index contributed by atoms with van der Waals surface area (Å²) < 4.78 is 5.06. The maximum Gasteiger partial charge on any atom is 0.263 e. The van der Waals surface area contributed by atoms with Crippen LogP contribution in [0.25, 0.3) is 0 Å². The molecule has 0 radical (unpaired) electrons. The molecule has 4 nitrogen and oxygen atoms in total. The molecule has 0 aromatic carbocycles. The fourth-order valence-corrected chi connectivity index (χ4v) is 0.829. The minimum Gasteiger partial charge on any atom is -0.485 e. The Labute approximate surface area is 71.3 Å². The van der Waals surface area contributed by atoms with Crippen LogP contribution in [-0.2, 0) is 9.53 Å². The van der Waals surface area contributed by atoms with E-state index in [0.29, 0.717) is 11.6 Å². The Morgan fingerprint density at radius 2 is 2.25 bits per heavy atom. The predicted molar refractivity (Wildman–Crippen MR) is 45.6 cm³/mol. The second-order valence-corrected chi connectivity index (χ2v) is 2.80. The third-order valence-corrected chi connectivity index (χ3v) is 1.35. The molecule has 0 atom stereocenters. The number of hydrogen-bond acceptors (Lipinski definition) is 3. The topological polar surface area (TPSA) is 50.7 Å². The molecule has 0 aromatic rings. The van der Waals surface area contributed by atoms with E-state index in [0.717, 1.165) is 5.71 Å². The normalized spacial score (nSPS) is 16.8. The molecule has 0 bridgehead atoms. The van der Waals surface area contributed by atoms with E-state index in [9.17, 15) is 4.79 Å². The molecule has 12 heavy (non-hydrogen) atoms. The summed E-state index contributed by atoms with van der Waals surface area (Å²) >= 11 is 0. The van der Waals surface area contributed by atoms with Crippen molar-refractivity contribution < 1.29 is 9.53 Å². The monoisotopic (exact) mass is 168 g/mol. The molecule has 0 aliphatic carbocycles. The highest BCUT2D eigenvalue weighted by Gasteiger charge is 2.14. The molecule has 1 heterocycles. The maximum atomic E-state index is 10.9. The first-order valence-corrected chi connectivity index (χ1v) is 3.75. The van der Waals surface area contributed by atoms with Gasteiger partial charge in [0, 0.05) is 5.71 Å². The minimum absolute atomic E-state index is 0.0909. The van der Waals surface area contributed by atoms with Gasteiger partial charge in [-0.1, -0.05) is 0 Å². The summed E-state index contributed by atoms with van der Waals surface area (Å²) in [4.78, 5) is 15.0. The Hall–Kier alpha value is -1.32. The van der Waals surface area contributed by atoms with Gasteiger partial charge in [-0.15, -0.1) is 0 Å². The zero-order chi connectivity index (χ0) is 9.14. The van der Waals surface area contributed by atoms with Crippen LogP contribution in [0.3, 0.4) is 0 Å². The Kier molecular flexibility index (Phi) is 2.47. The SMILES string of the molecule is CC(C)=NC1=C(C)OCC(=O)N1. The summed E-state index contributed by atoms with van der Waals surface area (Å²) in [7, 11) is 0. The summed E-state index contributed by atoms with van der Waals surface area (Å²) in [6.07, 6.45) is 0. The Morgan fingerprint density at radius 3 is 2.83 bits per heavy atom. The number of rotatable bonds is 1. The van der Waals surface area contributed by atoms with Gasteiger partial charge in [-0.05, 0) is 20.8 Å². The predicted octanol–water partition coefficient (Wildman–Crippen LogP) is 0.803. The lowest BCUT2D eigenvalue weighted by atomic mass is 10.4. The summed E-state index contributed by atoms with van der Waals surface area (Å²) in [6, 6.07) is 0. The summed E-state index contributed by atoms with van der Waals surface area (Å²) in [6.45, 7) is 5.59. The number of hydrogen-bond donors (Lipinski definition) is 1. The molecule has 0 unspecified atom stereocenters. The van der Waals surface area contributed by atoms with E-state index < -0.39 is 0 Å². The molecule has 0 aromatic heterocycles. The average molecular weight is 168 g/mol. The van der Waals surface area contributed by atoms with Crippen molar-refractivity contribution in [2.75, 3.05) is 6.61 Å². The van der Waals surface area contributed by atoms with Gasteiger partial charge in [0.1, 0.15) is 5.76 Å². The van der Waals surface area contributed by atoms with E-state index >= 15 is 0 Å². The lowest BCUT2D eigenvalue weighted by Gasteiger charge is -2.16. The number of allylic oxidation sites excluding steroid dienone is 1. The number of ether oxygens (including phenoxy) is 1. The summed E-state index contributed by atoms with van der Waals surface area (Å²) in [5.74, 6) is 1.03. The molecule has 4 heteroatoms. The number of carbonyl (C=O) groups is 1. The van der Waals surface area contributed by atoms with Gasteiger partial charge in [0.2, 0.25) is 0 Å². The molecular formula is C8H12N2O2. The molecule has 1 aliphatic heterocycles. The van der Waals surface area contributed by atoms with Crippen LogP contribution < -0.4 is 5.32 Å². The summed E-state index contributed by atoms with van der Waals surface area (Å²) in [5, 5.41) is 2.63. The smallest absolute Gasteiger partial charge is 0.263 e. The number of aliphatic imine (C=N–C) groups is 1. The molecule has 0 saturated carbocycles. The zero-order valence-electron chi connectivity index (χ0n) is 7.47.